The number of aromatic nitrogens is 2. The van der Waals surface area contributed by atoms with Crippen LogP contribution in [0.15, 0.2) is 45.9 Å². The fraction of sp³-hybridized carbons (Fsp3) is 0.441. The number of fused-ring (bicyclic) bond motifs is 2. The molecule has 4 aliphatic rings. The number of allylic oxidation sites excluding steroid dienone is 2. The van der Waals surface area contributed by atoms with Gasteiger partial charge in [0, 0.05) is 37.6 Å². The lowest BCUT2D eigenvalue weighted by Gasteiger charge is -2.33. The molecule has 1 saturated heterocycles. The van der Waals surface area contributed by atoms with Crippen LogP contribution in [0.1, 0.15) is 64.2 Å². The monoisotopic (exact) mass is 788 g/mol. The second kappa shape index (κ2) is 14.7. The van der Waals surface area contributed by atoms with E-state index in [0.29, 0.717) is 60.1 Å². The molecule has 274 valence electrons. The molecule has 7 rings (SSSR count). The topological polar surface area (TPSA) is 197 Å². The van der Waals surface area contributed by atoms with Crippen molar-refractivity contribution in [1.29, 1.82) is 0 Å². The van der Waals surface area contributed by atoms with Crippen LogP contribution in [0.25, 0.3) is 21.6 Å². The van der Waals surface area contributed by atoms with Crippen LogP contribution in [0, 0.1) is 5.92 Å². The highest BCUT2D eigenvalue weighted by molar-refractivity contribution is 7.90. The van der Waals surface area contributed by atoms with Crippen LogP contribution in [0.4, 0.5) is 4.79 Å². The second-order valence-corrected chi connectivity index (χ2v) is 17.0. The van der Waals surface area contributed by atoms with E-state index in [1.165, 1.54) is 28.5 Å². The SMILES string of the molecule is O=C(O)N[C@H]1CCCCC2=C(C2)/N=C\[C@@H]2[C@@H](C(=O)NS(=O)(=O)C3CC3)CC(=O)N2[C@H](Oc2nc3cc(Cl)c(Cl)cc3nc2-c2cccs2)CCC1=O. The Morgan fingerprint density at radius 1 is 1.02 bits per heavy atom. The highest BCUT2D eigenvalue weighted by Crippen LogP contribution is 2.39. The molecule has 3 aromatic rings. The number of nitrogens with one attached hydrogen (secondary N) is 2. The van der Waals surface area contributed by atoms with E-state index >= 15 is 0 Å². The summed E-state index contributed by atoms with van der Waals surface area (Å²) in [5, 5.41) is 13.5. The first-order valence-corrected chi connectivity index (χ1v) is 20.1. The molecule has 1 aromatic carbocycles. The Balaban J connectivity index is 1.31. The zero-order valence-corrected chi connectivity index (χ0v) is 30.7. The molecule has 0 spiro atoms. The average molecular weight is 790 g/mol. The zero-order chi connectivity index (χ0) is 36.7. The maximum Gasteiger partial charge on any atom is 0.405 e. The van der Waals surface area contributed by atoms with E-state index in [9.17, 15) is 32.7 Å². The van der Waals surface area contributed by atoms with Crippen molar-refractivity contribution < 1.29 is 37.4 Å². The molecule has 14 nitrogen and oxygen atoms in total. The van der Waals surface area contributed by atoms with E-state index in [1.54, 1.807) is 6.07 Å². The minimum Gasteiger partial charge on any atom is -0.465 e. The van der Waals surface area contributed by atoms with Gasteiger partial charge in [-0.2, -0.15) is 0 Å². The number of halogens is 2. The predicted octanol–water partition coefficient (Wildman–Crippen LogP) is 5.48. The molecule has 1 saturated carbocycles. The molecule has 4 heterocycles. The fourth-order valence-electron chi connectivity index (χ4n) is 6.59. The smallest absolute Gasteiger partial charge is 0.405 e. The van der Waals surface area contributed by atoms with Crippen molar-refractivity contribution in [3.63, 3.8) is 0 Å². The van der Waals surface area contributed by atoms with Gasteiger partial charge in [0.1, 0.15) is 5.69 Å². The molecule has 2 aliphatic heterocycles. The van der Waals surface area contributed by atoms with Gasteiger partial charge in [0.25, 0.3) is 0 Å². The Bertz CT molecular complexity index is 2120. The van der Waals surface area contributed by atoms with Crippen LogP contribution < -0.4 is 14.8 Å². The quantitative estimate of drug-likeness (QED) is 0.276. The third-order valence-corrected chi connectivity index (χ3v) is 13.0. The Labute approximate surface area is 312 Å². The minimum atomic E-state index is -3.93. The lowest BCUT2D eigenvalue weighted by Crippen LogP contribution is -2.50. The number of ether oxygens (including phenoxy) is 1. The summed E-state index contributed by atoms with van der Waals surface area (Å²) < 4.78 is 34.4. The van der Waals surface area contributed by atoms with E-state index in [2.05, 4.69) is 15.0 Å². The number of benzene rings is 1. The highest BCUT2D eigenvalue weighted by Gasteiger charge is 2.49. The second-order valence-electron chi connectivity index (χ2n) is 13.3. The maximum atomic E-state index is 14.0. The summed E-state index contributed by atoms with van der Waals surface area (Å²) in [5.74, 6) is -2.91. The van der Waals surface area contributed by atoms with Gasteiger partial charge in [-0.25, -0.2) is 23.2 Å². The van der Waals surface area contributed by atoms with Crippen LogP contribution in [0.3, 0.4) is 0 Å². The van der Waals surface area contributed by atoms with Crippen LogP contribution in [-0.2, 0) is 24.4 Å². The van der Waals surface area contributed by atoms with E-state index in [0.717, 1.165) is 11.3 Å². The molecule has 2 fully saturated rings. The van der Waals surface area contributed by atoms with Crippen molar-refractivity contribution >= 4 is 85.5 Å². The number of aliphatic imine (C=N–C) groups is 1. The normalized spacial score (nSPS) is 24.8. The number of sulfonamides is 1. The Morgan fingerprint density at radius 3 is 2.46 bits per heavy atom. The molecule has 0 unspecified atom stereocenters. The summed E-state index contributed by atoms with van der Waals surface area (Å²) in [6, 6.07) is 4.68. The number of carboxylic acid groups (broad SMARTS) is 1. The summed E-state index contributed by atoms with van der Waals surface area (Å²) in [6.45, 7) is 0. The molecule has 2 aromatic heterocycles. The highest BCUT2D eigenvalue weighted by atomic mass is 35.5. The molecule has 0 bridgehead atoms. The van der Waals surface area contributed by atoms with Crippen molar-refractivity contribution in [2.24, 2.45) is 10.9 Å². The number of thiophene rings is 1. The van der Waals surface area contributed by atoms with Gasteiger partial charge in [-0.05, 0) is 61.3 Å². The molecule has 0 radical (unpaired) electrons. The number of hydrogen-bond donors (Lipinski definition) is 3. The molecule has 3 amide bonds. The average Bonchev–Trinajstić information content (AvgIpc) is 4.00. The number of carbonyl (C=O) groups is 4. The molecule has 52 heavy (non-hydrogen) atoms. The maximum absolute atomic E-state index is 14.0. The van der Waals surface area contributed by atoms with Crippen molar-refractivity contribution in [2.75, 3.05) is 0 Å². The molecule has 18 heteroatoms. The van der Waals surface area contributed by atoms with Gasteiger partial charge >= 0.3 is 6.09 Å². The first-order chi connectivity index (χ1) is 24.9. The first-order valence-electron chi connectivity index (χ1n) is 16.9. The van der Waals surface area contributed by atoms with E-state index < -0.39 is 63.2 Å². The number of ketones is 1. The third-order valence-electron chi connectivity index (χ3n) is 9.54. The summed E-state index contributed by atoms with van der Waals surface area (Å²) in [5.41, 5.74) is 2.96. The molecule has 4 atom stereocenters. The van der Waals surface area contributed by atoms with Crippen LogP contribution >= 0.6 is 34.5 Å². The van der Waals surface area contributed by atoms with Gasteiger partial charge < -0.3 is 15.2 Å². The van der Waals surface area contributed by atoms with E-state index in [4.69, 9.17) is 37.9 Å². The largest absolute Gasteiger partial charge is 0.465 e. The number of nitrogens with zero attached hydrogens (tertiary/aromatic N) is 4. The molecular weight excluding hydrogens is 755 g/mol. The molecule has 3 N–H and O–H groups in total. The minimum absolute atomic E-state index is 0.00352. The van der Waals surface area contributed by atoms with Crippen molar-refractivity contribution in [3.05, 3.63) is 51.0 Å². The molecular formula is C34H34Cl2N6O8S2. The van der Waals surface area contributed by atoms with Crippen molar-refractivity contribution in [3.8, 4) is 16.5 Å². The van der Waals surface area contributed by atoms with Gasteiger partial charge in [0.05, 0.1) is 49.2 Å². The number of carbonyl (C=O) groups excluding carboxylic acids is 3. The zero-order valence-electron chi connectivity index (χ0n) is 27.6. The van der Waals surface area contributed by atoms with Gasteiger partial charge in [-0.15, -0.1) is 11.3 Å². The van der Waals surface area contributed by atoms with Gasteiger partial charge in [0.2, 0.25) is 27.7 Å². The van der Waals surface area contributed by atoms with E-state index in [1.807, 2.05) is 17.5 Å². The summed E-state index contributed by atoms with van der Waals surface area (Å²) in [6.07, 6.45) is 2.03. The predicted molar refractivity (Wildman–Crippen MR) is 194 cm³/mol. The first kappa shape index (κ1) is 36.2. The van der Waals surface area contributed by atoms with Crippen molar-refractivity contribution in [2.45, 2.75) is 87.8 Å². The van der Waals surface area contributed by atoms with Crippen LogP contribution in [0.2, 0.25) is 10.0 Å². The Hall–Kier alpha value is -4.12. The Morgan fingerprint density at radius 2 is 1.77 bits per heavy atom. The Kier molecular flexibility index (Phi) is 10.3. The van der Waals surface area contributed by atoms with Gasteiger partial charge in [-0.3, -0.25) is 29.0 Å². The summed E-state index contributed by atoms with van der Waals surface area (Å²) in [4.78, 5) is 69.1. The van der Waals surface area contributed by atoms with Gasteiger partial charge in [-0.1, -0.05) is 35.7 Å². The lowest BCUT2D eigenvalue weighted by molar-refractivity contribution is -0.137. The van der Waals surface area contributed by atoms with Crippen LogP contribution in [-0.4, -0.2) is 81.9 Å². The standard InChI is InChI=1S/C34H34Cl2N6O8S2/c35-20-14-24-25(15-21(20)36)39-33(31(38-24)28-6-3-11-51-28)50-30-10-9-27(43)22(40-34(46)47)5-2-1-4-17-12-23(17)37-16-26-19(13-29(44)42(26)30)32(45)41-52(48,49)18-7-8-18/h3,6,11,14-16,18-19,22,26,30,40H,1-2,4-5,7-10,12-13H2,(H,41,45)(H,46,47)/b37-16-/t19-,22-,26+,30+/m0/s1. The summed E-state index contributed by atoms with van der Waals surface area (Å²) in [7, 11) is -3.93. The fourth-order valence-corrected chi connectivity index (χ4v) is 8.96. The van der Waals surface area contributed by atoms with E-state index in [-0.39, 0.29) is 41.6 Å². The third kappa shape index (κ3) is 7.94. The van der Waals surface area contributed by atoms with Crippen LogP contribution in [0.5, 0.6) is 5.88 Å². The van der Waals surface area contributed by atoms with Crippen molar-refractivity contribution in [1.82, 2.24) is 24.9 Å². The molecule has 2 aliphatic carbocycles. The number of amides is 3. The number of hydrogen-bond acceptors (Lipinski definition) is 11. The summed E-state index contributed by atoms with van der Waals surface area (Å²) >= 11 is 14.0. The number of Topliss-reactive ketones (excluding diaryl/α,β-unsaturated/α-hetero) is 1. The van der Waals surface area contributed by atoms with Gasteiger partial charge in [0.15, 0.2) is 12.0 Å². The lowest BCUT2D eigenvalue weighted by atomic mass is 9.99. The number of rotatable bonds is 7.